The van der Waals surface area contributed by atoms with Crippen molar-refractivity contribution in [1.82, 2.24) is 15.1 Å². The van der Waals surface area contributed by atoms with E-state index in [1.165, 1.54) is 16.7 Å². The smallest absolute Gasteiger partial charge is 0.134 e. The molecule has 0 fully saturated rings. The molecular formula is C22H19N3O. The minimum atomic E-state index is 0.251. The first-order valence-corrected chi connectivity index (χ1v) is 8.85. The Labute approximate surface area is 152 Å². The van der Waals surface area contributed by atoms with Gasteiger partial charge in [-0.25, -0.2) is 0 Å². The van der Waals surface area contributed by atoms with E-state index in [1.54, 1.807) is 6.20 Å². The number of hydrogen-bond donors (Lipinski definition) is 0. The number of likely N-dealkylation sites (N-methyl/N-ethyl adjacent to an activating group) is 1. The van der Waals surface area contributed by atoms with Crippen LogP contribution in [-0.4, -0.2) is 28.7 Å². The van der Waals surface area contributed by atoms with Crippen LogP contribution >= 0.6 is 0 Å². The van der Waals surface area contributed by atoms with Gasteiger partial charge in [-0.1, -0.05) is 30.3 Å². The van der Waals surface area contributed by atoms with Gasteiger partial charge in [0.25, 0.3) is 0 Å². The Morgan fingerprint density at radius 2 is 1.92 bits per heavy atom. The molecule has 0 saturated heterocycles. The monoisotopic (exact) mass is 341 g/mol. The second kappa shape index (κ2) is 6.07. The highest BCUT2D eigenvalue weighted by Crippen LogP contribution is 2.37. The van der Waals surface area contributed by atoms with E-state index in [2.05, 4.69) is 58.5 Å². The second-order valence-corrected chi connectivity index (χ2v) is 6.98. The summed E-state index contributed by atoms with van der Waals surface area (Å²) in [6.45, 7) is 1.90. The Hall–Kier alpha value is -2.98. The molecule has 1 aliphatic rings. The first kappa shape index (κ1) is 15.3. The molecule has 26 heavy (non-hydrogen) atoms. The summed E-state index contributed by atoms with van der Waals surface area (Å²) in [7, 11) is 2.17. The highest BCUT2D eigenvalue weighted by molar-refractivity contribution is 5.78. The highest BCUT2D eigenvalue weighted by atomic mass is 16.3. The van der Waals surface area contributed by atoms with Crippen LogP contribution in [0.4, 0.5) is 0 Å². The number of para-hydroxylation sites is 1. The van der Waals surface area contributed by atoms with Crippen LogP contribution in [0.5, 0.6) is 0 Å². The summed E-state index contributed by atoms with van der Waals surface area (Å²) in [4.78, 5) is 2.36. The maximum Gasteiger partial charge on any atom is 0.134 e. The lowest BCUT2D eigenvalue weighted by Crippen LogP contribution is -2.30. The van der Waals surface area contributed by atoms with Crippen molar-refractivity contribution in [3.8, 4) is 11.1 Å². The SMILES string of the molecule is CN1Cc2cc(-c3ccnnc3)ccc2C(c2cc3ccccc3o2)C1. The molecule has 3 heterocycles. The summed E-state index contributed by atoms with van der Waals surface area (Å²) in [6.07, 6.45) is 3.54. The molecule has 0 amide bonds. The standard InChI is InChI=1S/C22H19N3O/c1-25-13-18-10-15(17-8-9-23-24-12-17)6-7-19(18)20(14-25)22-11-16-4-2-3-5-21(16)26-22/h2-12,20H,13-14H2,1H3. The summed E-state index contributed by atoms with van der Waals surface area (Å²) in [6, 6.07) is 19.1. The molecule has 1 aliphatic heterocycles. The predicted octanol–water partition coefficient (Wildman–Crippen LogP) is 4.47. The van der Waals surface area contributed by atoms with Crippen molar-refractivity contribution in [2.75, 3.05) is 13.6 Å². The van der Waals surface area contributed by atoms with E-state index < -0.39 is 0 Å². The quantitative estimate of drug-likeness (QED) is 0.539. The molecule has 0 bridgehead atoms. The fourth-order valence-electron chi connectivity index (χ4n) is 3.91. The third-order valence-corrected chi connectivity index (χ3v) is 5.16. The lowest BCUT2D eigenvalue weighted by Gasteiger charge is -2.31. The Kier molecular flexibility index (Phi) is 3.57. The third-order valence-electron chi connectivity index (χ3n) is 5.16. The van der Waals surface area contributed by atoms with Crippen LogP contribution in [0, 0.1) is 0 Å². The third kappa shape index (κ3) is 2.59. The van der Waals surface area contributed by atoms with E-state index in [-0.39, 0.29) is 5.92 Å². The van der Waals surface area contributed by atoms with Gasteiger partial charge in [-0.3, -0.25) is 0 Å². The topological polar surface area (TPSA) is 42.2 Å². The summed E-state index contributed by atoms with van der Waals surface area (Å²) in [5.74, 6) is 1.29. The normalized spacial score (nSPS) is 17.3. The second-order valence-electron chi connectivity index (χ2n) is 6.98. The Balaban J connectivity index is 1.59. The fraction of sp³-hybridized carbons (Fsp3) is 0.182. The number of aromatic nitrogens is 2. The molecule has 4 aromatic rings. The maximum atomic E-state index is 6.18. The molecule has 128 valence electrons. The van der Waals surface area contributed by atoms with Crippen LogP contribution in [0.3, 0.4) is 0 Å². The summed E-state index contributed by atoms with van der Waals surface area (Å²) < 4.78 is 6.18. The number of fused-ring (bicyclic) bond motifs is 2. The van der Waals surface area contributed by atoms with Crippen molar-refractivity contribution in [2.45, 2.75) is 12.5 Å². The van der Waals surface area contributed by atoms with Crippen molar-refractivity contribution in [3.05, 3.63) is 83.9 Å². The number of benzene rings is 2. The molecule has 0 N–H and O–H groups in total. The zero-order valence-corrected chi connectivity index (χ0v) is 14.6. The molecule has 1 unspecified atom stereocenters. The molecule has 1 atom stereocenters. The molecule has 2 aromatic carbocycles. The van der Waals surface area contributed by atoms with Gasteiger partial charge < -0.3 is 9.32 Å². The van der Waals surface area contributed by atoms with Crippen LogP contribution in [0.1, 0.15) is 22.8 Å². The maximum absolute atomic E-state index is 6.18. The van der Waals surface area contributed by atoms with E-state index in [0.717, 1.165) is 35.4 Å². The lowest BCUT2D eigenvalue weighted by molar-refractivity contribution is 0.282. The van der Waals surface area contributed by atoms with Gasteiger partial charge in [-0.15, -0.1) is 0 Å². The van der Waals surface area contributed by atoms with Crippen LogP contribution in [0.15, 0.2) is 71.4 Å². The van der Waals surface area contributed by atoms with Gasteiger partial charge in [0.2, 0.25) is 0 Å². The molecule has 5 rings (SSSR count). The van der Waals surface area contributed by atoms with Gasteiger partial charge in [0.05, 0.1) is 18.3 Å². The zero-order chi connectivity index (χ0) is 17.5. The predicted molar refractivity (Wildman–Crippen MR) is 102 cm³/mol. The average Bonchev–Trinajstić information content (AvgIpc) is 3.11. The summed E-state index contributed by atoms with van der Waals surface area (Å²) in [5, 5.41) is 9.04. The van der Waals surface area contributed by atoms with Gasteiger partial charge in [0.15, 0.2) is 0 Å². The van der Waals surface area contributed by atoms with E-state index in [1.807, 2.05) is 24.4 Å². The van der Waals surface area contributed by atoms with Crippen LogP contribution in [-0.2, 0) is 6.54 Å². The first-order chi connectivity index (χ1) is 12.8. The van der Waals surface area contributed by atoms with Crippen LogP contribution in [0.25, 0.3) is 22.1 Å². The molecule has 0 spiro atoms. The molecular weight excluding hydrogens is 322 g/mol. The van der Waals surface area contributed by atoms with Gasteiger partial charge in [0.1, 0.15) is 11.3 Å². The van der Waals surface area contributed by atoms with Crippen molar-refractivity contribution >= 4 is 11.0 Å². The molecule has 4 heteroatoms. The van der Waals surface area contributed by atoms with E-state index >= 15 is 0 Å². The molecule has 2 aromatic heterocycles. The summed E-state index contributed by atoms with van der Waals surface area (Å²) in [5.41, 5.74) is 5.93. The lowest BCUT2D eigenvalue weighted by atomic mass is 9.86. The van der Waals surface area contributed by atoms with Gasteiger partial charge in [0, 0.05) is 24.0 Å². The summed E-state index contributed by atoms with van der Waals surface area (Å²) >= 11 is 0. The fourth-order valence-corrected chi connectivity index (χ4v) is 3.91. The van der Waals surface area contributed by atoms with E-state index in [0.29, 0.717) is 0 Å². The van der Waals surface area contributed by atoms with Gasteiger partial charge in [-0.05, 0) is 48.0 Å². The van der Waals surface area contributed by atoms with Crippen LogP contribution < -0.4 is 0 Å². The van der Waals surface area contributed by atoms with Crippen LogP contribution in [0.2, 0.25) is 0 Å². The zero-order valence-electron chi connectivity index (χ0n) is 14.6. The van der Waals surface area contributed by atoms with E-state index in [4.69, 9.17) is 4.42 Å². The highest BCUT2D eigenvalue weighted by Gasteiger charge is 2.27. The largest absolute Gasteiger partial charge is 0.460 e. The van der Waals surface area contributed by atoms with Crippen molar-refractivity contribution in [3.63, 3.8) is 0 Å². The first-order valence-electron chi connectivity index (χ1n) is 8.85. The number of rotatable bonds is 2. The Morgan fingerprint density at radius 3 is 2.77 bits per heavy atom. The van der Waals surface area contributed by atoms with Gasteiger partial charge >= 0.3 is 0 Å². The number of hydrogen-bond acceptors (Lipinski definition) is 4. The molecule has 4 nitrogen and oxygen atoms in total. The van der Waals surface area contributed by atoms with Crippen molar-refractivity contribution < 1.29 is 4.42 Å². The van der Waals surface area contributed by atoms with Gasteiger partial charge in [-0.2, -0.15) is 10.2 Å². The minimum absolute atomic E-state index is 0.251. The van der Waals surface area contributed by atoms with E-state index in [9.17, 15) is 0 Å². The number of nitrogens with zero attached hydrogens (tertiary/aromatic N) is 3. The van der Waals surface area contributed by atoms with Crippen molar-refractivity contribution in [1.29, 1.82) is 0 Å². The Bertz CT molecular complexity index is 1040. The Morgan fingerprint density at radius 1 is 1.00 bits per heavy atom. The molecule has 0 aliphatic carbocycles. The average molecular weight is 341 g/mol. The molecule has 0 saturated carbocycles. The minimum Gasteiger partial charge on any atom is -0.460 e. The number of furan rings is 1. The van der Waals surface area contributed by atoms with Crippen molar-refractivity contribution in [2.24, 2.45) is 0 Å². The molecule has 0 radical (unpaired) electrons.